The van der Waals surface area contributed by atoms with E-state index in [4.69, 9.17) is 5.73 Å². The number of carbonyl (C=O) groups is 3. The standard InChI is InChI=1S/C17H16BrN3O4/c18-12-5-6-14(22)13(7-12)17(25)20-8-10-1-3-11(4-2-10)16(24)21-9-15(19)23/h1-7,22H,8-9H2,(H2,19,23)(H,20,25)(H,21,24). The molecule has 0 heterocycles. The second-order valence-corrected chi connectivity index (χ2v) is 6.11. The fourth-order valence-corrected chi connectivity index (χ4v) is 2.37. The molecular weight excluding hydrogens is 390 g/mol. The van der Waals surface area contributed by atoms with E-state index in [0.29, 0.717) is 10.0 Å². The normalized spacial score (nSPS) is 10.1. The van der Waals surface area contributed by atoms with Crippen LogP contribution in [0.3, 0.4) is 0 Å². The molecule has 8 heteroatoms. The van der Waals surface area contributed by atoms with Crippen LogP contribution in [0.25, 0.3) is 0 Å². The highest BCUT2D eigenvalue weighted by Gasteiger charge is 2.11. The lowest BCUT2D eigenvalue weighted by molar-refractivity contribution is -0.117. The highest BCUT2D eigenvalue weighted by molar-refractivity contribution is 9.10. The number of carbonyl (C=O) groups excluding carboxylic acids is 3. The first-order chi connectivity index (χ1) is 11.9. The molecule has 0 bridgehead atoms. The Morgan fingerprint density at radius 1 is 1.00 bits per heavy atom. The van der Waals surface area contributed by atoms with E-state index in [1.54, 1.807) is 30.3 Å². The van der Waals surface area contributed by atoms with E-state index in [2.05, 4.69) is 26.6 Å². The molecular formula is C17H16BrN3O4. The summed E-state index contributed by atoms with van der Waals surface area (Å²) in [6.45, 7) is 0.000736. The maximum absolute atomic E-state index is 12.1. The Labute approximate surface area is 152 Å². The molecule has 0 spiro atoms. The Balaban J connectivity index is 1.95. The summed E-state index contributed by atoms with van der Waals surface area (Å²) in [5.41, 5.74) is 6.28. The first-order valence-corrected chi connectivity index (χ1v) is 8.08. The van der Waals surface area contributed by atoms with E-state index in [1.165, 1.54) is 12.1 Å². The second kappa shape index (κ2) is 8.29. The third kappa shape index (κ3) is 5.32. The van der Waals surface area contributed by atoms with Gasteiger partial charge in [0.1, 0.15) is 5.75 Å². The number of hydrogen-bond acceptors (Lipinski definition) is 4. The van der Waals surface area contributed by atoms with Gasteiger partial charge in [0.05, 0.1) is 12.1 Å². The van der Waals surface area contributed by atoms with E-state index >= 15 is 0 Å². The van der Waals surface area contributed by atoms with Gasteiger partial charge in [0, 0.05) is 16.6 Å². The van der Waals surface area contributed by atoms with Crippen molar-refractivity contribution in [1.29, 1.82) is 0 Å². The molecule has 0 aliphatic carbocycles. The lowest BCUT2D eigenvalue weighted by Gasteiger charge is -2.08. The van der Waals surface area contributed by atoms with E-state index in [9.17, 15) is 19.5 Å². The molecule has 7 nitrogen and oxygen atoms in total. The zero-order valence-electron chi connectivity index (χ0n) is 13.1. The number of nitrogens with two attached hydrogens (primary N) is 1. The van der Waals surface area contributed by atoms with E-state index < -0.39 is 17.7 Å². The number of primary amides is 1. The van der Waals surface area contributed by atoms with Crippen LogP contribution in [0, 0.1) is 0 Å². The lowest BCUT2D eigenvalue weighted by Crippen LogP contribution is -2.33. The quantitative estimate of drug-likeness (QED) is 0.578. The van der Waals surface area contributed by atoms with Crippen LogP contribution in [-0.4, -0.2) is 29.4 Å². The van der Waals surface area contributed by atoms with Crippen molar-refractivity contribution in [2.75, 3.05) is 6.54 Å². The van der Waals surface area contributed by atoms with Gasteiger partial charge in [-0.2, -0.15) is 0 Å². The molecule has 2 aromatic rings. The Kier molecular flexibility index (Phi) is 6.13. The minimum absolute atomic E-state index is 0.109. The topological polar surface area (TPSA) is 122 Å². The Morgan fingerprint density at radius 3 is 2.32 bits per heavy atom. The molecule has 0 aliphatic heterocycles. The summed E-state index contributed by atoms with van der Waals surface area (Å²) in [7, 11) is 0. The zero-order valence-corrected chi connectivity index (χ0v) is 14.7. The molecule has 0 unspecified atom stereocenters. The number of phenolic OH excluding ortho intramolecular Hbond substituents is 1. The smallest absolute Gasteiger partial charge is 0.255 e. The monoisotopic (exact) mass is 405 g/mol. The van der Waals surface area contributed by atoms with Gasteiger partial charge in [-0.25, -0.2) is 0 Å². The molecule has 130 valence electrons. The van der Waals surface area contributed by atoms with Gasteiger partial charge in [0.2, 0.25) is 5.91 Å². The Bertz CT molecular complexity index is 806. The predicted molar refractivity (Wildman–Crippen MR) is 94.9 cm³/mol. The van der Waals surface area contributed by atoms with E-state index in [1.807, 2.05) is 0 Å². The molecule has 0 atom stereocenters. The zero-order chi connectivity index (χ0) is 18.4. The predicted octanol–water partition coefficient (Wildman–Crippen LogP) is 1.30. The average Bonchev–Trinajstić information content (AvgIpc) is 2.60. The van der Waals surface area contributed by atoms with Crippen molar-refractivity contribution < 1.29 is 19.5 Å². The number of aromatic hydroxyl groups is 1. The molecule has 2 aromatic carbocycles. The number of hydrogen-bond donors (Lipinski definition) is 4. The highest BCUT2D eigenvalue weighted by Crippen LogP contribution is 2.21. The van der Waals surface area contributed by atoms with Crippen LogP contribution >= 0.6 is 15.9 Å². The summed E-state index contributed by atoms with van der Waals surface area (Å²) in [4.78, 5) is 34.5. The Hall–Kier alpha value is -2.87. The van der Waals surface area contributed by atoms with Gasteiger partial charge in [-0.15, -0.1) is 0 Å². The number of halogens is 1. The molecule has 0 radical (unpaired) electrons. The molecule has 0 aromatic heterocycles. The van der Waals surface area contributed by atoms with Crippen LogP contribution in [0.1, 0.15) is 26.3 Å². The lowest BCUT2D eigenvalue weighted by atomic mass is 10.1. The van der Waals surface area contributed by atoms with Crippen molar-refractivity contribution >= 4 is 33.7 Å². The van der Waals surface area contributed by atoms with Crippen molar-refractivity contribution in [3.63, 3.8) is 0 Å². The second-order valence-electron chi connectivity index (χ2n) is 5.19. The molecule has 25 heavy (non-hydrogen) atoms. The van der Waals surface area contributed by atoms with Crippen molar-refractivity contribution in [1.82, 2.24) is 10.6 Å². The largest absolute Gasteiger partial charge is 0.507 e. The van der Waals surface area contributed by atoms with Crippen LogP contribution in [-0.2, 0) is 11.3 Å². The van der Waals surface area contributed by atoms with Crippen LogP contribution in [0.5, 0.6) is 5.75 Å². The summed E-state index contributed by atoms with van der Waals surface area (Å²) in [6.07, 6.45) is 0. The van der Waals surface area contributed by atoms with E-state index in [-0.39, 0.29) is 24.4 Å². The fourth-order valence-electron chi connectivity index (χ4n) is 2.01. The molecule has 5 N–H and O–H groups in total. The summed E-state index contributed by atoms with van der Waals surface area (Å²) in [6, 6.07) is 11.1. The molecule has 2 rings (SSSR count). The minimum Gasteiger partial charge on any atom is -0.507 e. The van der Waals surface area contributed by atoms with Gasteiger partial charge in [0.15, 0.2) is 0 Å². The maximum Gasteiger partial charge on any atom is 0.255 e. The third-order valence-electron chi connectivity index (χ3n) is 3.30. The first kappa shape index (κ1) is 18.5. The van der Waals surface area contributed by atoms with Crippen molar-refractivity contribution in [3.05, 3.63) is 63.6 Å². The van der Waals surface area contributed by atoms with Gasteiger partial charge < -0.3 is 21.5 Å². The number of rotatable bonds is 6. The molecule has 0 saturated heterocycles. The van der Waals surface area contributed by atoms with Gasteiger partial charge in [0.25, 0.3) is 11.8 Å². The highest BCUT2D eigenvalue weighted by atomic mass is 79.9. The summed E-state index contributed by atoms with van der Waals surface area (Å²) >= 11 is 3.25. The van der Waals surface area contributed by atoms with Crippen molar-refractivity contribution in [2.45, 2.75) is 6.54 Å². The van der Waals surface area contributed by atoms with E-state index in [0.717, 1.165) is 5.56 Å². The fraction of sp³-hybridized carbons (Fsp3) is 0.118. The van der Waals surface area contributed by atoms with Crippen molar-refractivity contribution in [3.8, 4) is 5.75 Å². The SMILES string of the molecule is NC(=O)CNC(=O)c1ccc(CNC(=O)c2cc(Br)ccc2O)cc1. The molecule has 0 aliphatic rings. The minimum atomic E-state index is -0.622. The van der Waals surface area contributed by atoms with Gasteiger partial charge >= 0.3 is 0 Å². The van der Waals surface area contributed by atoms with Gasteiger partial charge in [-0.3, -0.25) is 14.4 Å². The number of nitrogens with one attached hydrogen (secondary N) is 2. The molecule has 0 fully saturated rings. The van der Waals surface area contributed by atoms with Gasteiger partial charge in [-0.1, -0.05) is 28.1 Å². The molecule has 0 saturated carbocycles. The van der Waals surface area contributed by atoms with Crippen LogP contribution in [0.4, 0.5) is 0 Å². The van der Waals surface area contributed by atoms with Crippen LogP contribution in [0.2, 0.25) is 0 Å². The number of benzene rings is 2. The average molecular weight is 406 g/mol. The number of phenols is 1. The van der Waals surface area contributed by atoms with Crippen LogP contribution < -0.4 is 16.4 Å². The maximum atomic E-state index is 12.1. The number of amides is 3. The summed E-state index contributed by atoms with van der Waals surface area (Å²) in [5.74, 6) is -1.55. The Morgan fingerprint density at radius 2 is 1.68 bits per heavy atom. The summed E-state index contributed by atoms with van der Waals surface area (Å²) in [5, 5.41) is 14.8. The van der Waals surface area contributed by atoms with Crippen LogP contribution in [0.15, 0.2) is 46.9 Å². The first-order valence-electron chi connectivity index (χ1n) is 7.29. The third-order valence-corrected chi connectivity index (χ3v) is 3.79. The van der Waals surface area contributed by atoms with Crippen molar-refractivity contribution in [2.24, 2.45) is 5.73 Å². The van der Waals surface area contributed by atoms with Gasteiger partial charge in [-0.05, 0) is 35.9 Å². The molecule has 3 amide bonds. The summed E-state index contributed by atoms with van der Waals surface area (Å²) < 4.78 is 0.682.